The summed E-state index contributed by atoms with van der Waals surface area (Å²) in [6.07, 6.45) is 0. The van der Waals surface area contributed by atoms with E-state index in [-0.39, 0.29) is 5.41 Å². The smallest absolute Gasteiger partial charge is 0.148 e. The highest BCUT2D eigenvalue weighted by atomic mass is 31.2. The number of rotatable bonds is 2. The van der Waals surface area contributed by atoms with Crippen LogP contribution < -0.4 is 14.6 Å². The highest BCUT2D eigenvalue weighted by Crippen LogP contribution is 2.38. The lowest BCUT2D eigenvalue weighted by Gasteiger charge is -2.26. The van der Waals surface area contributed by atoms with Gasteiger partial charge < -0.3 is 4.84 Å². The monoisotopic (exact) mass is 289 g/mol. The molecule has 2 N–H and O–H groups in total. The zero-order valence-electron chi connectivity index (χ0n) is 10.2. The van der Waals surface area contributed by atoms with Crippen molar-refractivity contribution in [1.29, 1.82) is 0 Å². The molecule has 1 aliphatic rings. The first kappa shape index (κ1) is 13.6. The topological polar surface area (TPSA) is 36.5 Å². The summed E-state index contributed by atoms with van der Waals surface area (Å²) < 4.78 is 1.92. The summed E-state index contributed by atoms with van der Waals surface area (Å²) in [7, 11) is 1.70. The molecule has 1 saturated heterocycles. The summed E-state index contributed by atoms with van der Waals surface area (Å²) in [6, 6.07) is 8.33. The van der Waals surface area contributed by atoms with Gasteiger partial charge in [-0.2, -0.15) is 0 Å². The molecule has 2 rings (SSSR count). The van der Waals surface area contributed by atoms with E-state index in [0.717, 1.165) is 5.75 Å². The fourth-order valence-corrected chi connectivity index (χ4v) is 4.99. The fraction of sp³-hybridized carbons (Fsp3) is 0.400. The maximum atomic E-state index is 5.76. The van der Waals surface area contributed by atoms with Crippen LogP contribution in [-0.4, -0.2) is 4.60 Å². The predicted octanol–water partition coefficient (Wildman–Crippen LogP) is 3.30. The molecular weight excluding hydrogens is 271 g/mol. The summed E-state index contributed by atoms with van der Waals surface area (Å²) in [4.78, 5) is 12.2. The fourth-order valence-electron chi connectivity index (χ4n) is 1.38. The van der Waals surface area contributed by atoms with Gasteiger partial charge in [0.2, 0.25) is 0 Å². The Morgan fingerprint density at radius 3 is 2.18 bits per heavy atom. The molecule has 0 spiro atoms. The Hall–Kier alpha value is 0.190. The van der Waals surface area contributed by atoms with Crippen LogP contribution in [0.25, 0.3) is 0 Å². The molecule has 1 fully saturated rings. The number of hydrogen-bond donors (Lipinski definition) is 2. The van der Waals surface area contributed by atoms with E-state index in [0.29, 0.717) is 26.6 Å². The quantitative estimate of drug-likeness (QED) is 0.819. The molecule has 17 heavy (non-hydrogen) atoms. The van der Waals surface area contributed by atoms with Crippen molar-refractivity contribution in [3.63, 3.8) is 0 Å². The van der Waals surface area contributed by atoms with E-state index >= 15 is 0 Å². The third kappa shape index (κ3) is 4.10. The van der Waals surface area contributed by atoms with Crippen molar-refractivity contribution in [2.75, 3.05) is 0 Å². The molecule has 94 valence electrons. The van der Waals surface area contributed by atoms with E-state index in [1.165, 1.54) is 5.56 Å². The first-order valence-corrected chi connectivity index (χ1v) is 8.30. The Balaban J connectivity index is 1.98. The van der Waals surface area contributed by atoms with Gasteiger partial charge in [0.15, 0.2) is 0 Å². The van der Waals surface area contributed by atoms with Gasteiger partial charge in [0, 0.05) is 8.88 Å². The summed E-state index contributed by atoms with van der Waals surface area (Å²) >= 11 is 0. The van der Waals surface area contributed by atoms with Gasteiger partial charge in [0.25, 0.3) is 0 Å². The molecule has 2 atom stereocenters. The minimum Gasteiger partial charge on any atom is -0.397 e. The van der Waals surface area contributed by atoms with Gasteiger partial charge in [-0.3, -0.25) is 9.72 Å². The molecule has 0 saturated carbocycles. The van der Waals surface area contributed by atoms with Crippen LogP contribution in [0.4, 0.5) is 0 Å². The first-order chi connectivity index (χ1) is 8.05. The second-order valence-electron chi connectivity index (χ2n) is 4.76. The van der Waals surface area contributed by atoms with Crippen LogP contribution in [0.2, 0.25) is 0 Å². The second kappa shape index (κ2) is 5.89. The van der Waals surface area contributed by atoms with Crippen molar-refractivity contribution in [3.05, 3.63) is 29.8 Å². The van der Waals surface area contributed by atoms with Crippen molar-refractivity contribution in [3.8, 4) is 5.75 Å². The number of benzene rings is 1. The van der Waals surface area contributed by atoms with Gasteiger partial charge in [-0.05, 0) is 23.1 Å². The lowest BCUT2D eigenvalue weighted by Crippen LogP contribution is -2.19. The third-order valence-corrected chi connectivity index (χ3v) is 5.51. The van der Waals surface area contributed by atoms with E-state index in [4.69, 9.17) is 4.84 Å². The van der Waals surface area contributed by atoms with Crippen LogP contribution in [0.15, 0.2) is 24.3 Å². The predicted molar refractivity (Wildman–Crippen MR) is 78.8 cm³/mol. The Labute approximate surface area is 108 Å². The Bertz CT molecular complexity index is 360. The maximum absolute atomic E-state index is 5.76. The summed E-state index contributed by atoms with van der Waals surface area (Å²) in [5, 5.41) is 0. The van der Waals surface area contributed by atoms with Crippen LogP contribution in [0.3, 0.4) is 0 Å². The van der Waals surface area contributed by atoms with Crippen molar-refractivity contribution in [1.82, 2.24) is 14.3 Å². The van der Waals surface area contributed by atoms with Gasteiger partial charge in [-0.1, -0.05) is 37.5 Å². The van der Waals surface area contributed by atoms with E-state index in [2.05, 4.69) is 42.6 Å². The van der Waals surface area contributed by atoms with Gasteiger partial charge >= 0.3 is 0 Å². The molecule has 1 aliphatic heterocycles. The molecule has 1 aromatic rings. The lowest BCUT2D eigenvalue weighted by atomic mass is 9.87. The molecule has 0 bridgehead atoms. The van der Waals surface area contributed by atoms with E-state index in [1.54, 1.807) is 0 Å². The number of hydrogen-bond acceptors (Lipinski definition) is 4. The van der Waals surface area contributed by atoms with Crippen molar-refractivity contribution < 1.29 is 4.84 Å². The van der Waals surface area contributed by atoms with Crippen molar-refractivity contribution in [2.24, 2.45) is 0 Å². The second-order valence-corrected chi connectivity index (χ2v) is 8.72. The molecule has 0 aliphatic carbocycles. The Kier molecular flexibility index (Phi) is 4.72. The van der Waals surface area contributed by atoms with Crippen molar-refractivity contribution in [2.45, 2.75) is 26.2 Å². The molecule has 0 amide bonds. The van der Waals surface area contributed by atoms with Crippen LogP contribution in [0, 0.1) is 0 Å². The molecule has 0 aromatic heterocycles. The minimum absolute atomic E-state index is 0.192. The highest BCUT2D eigenvalue weighted by molar-refractivity contribution is 7.65. The number of nitrogens with zero attached hydrogens (tertiary/aromatic N) is 1. The average molecular weight is 289 g/mol. The minimum atomic E-state index is 0.192. The third-order valence-electron chi connectivity index (χ3n) is 2.36. The summed E-state index contributed by atoms with van der Waals surface area (Å²) in [5.41, 5.74) is 1.52. The van der Waals surface area contributed by atoms with Gasteiger partial charge in [-0.15, -0.1) is 0 Å². The largest absolute Gasteiger partial charge is 0.397 e. The normalized spacial score (nSPS) is 22.3. The van der Waals surface area contributed by atoms with Gasteiger partial charge in [0.1, 0.15) is 5.75 Å². The van der Waals surface area contributed by atoms with Gasteiger partial charge in [-0.25, -0.2) is 0 Å². The van der Waals surface area contributed by atoms with Crippen LogP contribution in [0.5, 0.6) is 5.75 Å². The highest BCUT2D eigenvalue weighted by Gasteiger charge is 2.14. The maximum Gasteiger partial charge on any atom is 0.148 e. The Morgan fingerprint density at radius 1 is 1.06 bits per heavy atom. The number of nitrogens with one attached hydrogen (secondary N) is 2. The molecule has 7 heteroatoms. The standard InChI is InChI=1S/C10H18N3OP3/c1-10(2,3)8-4-6-9(7-5-8)14-13-16-11-15-12-17-13/h4-7,11-12,15-17H,1-3H3. The van der Waals surface area contributed by atoms with E-state index < -0.39 is 0 Å². The summed E-state index contributed by atoms with van der Waals surface area (Å²) in [6.45, 7) is 6.64. The average Bonchev–Trinajstić information content (AvgIpc) is 2.30. The molecule has 4 nitrogen and oxygen atoms in total. The van der Waals surface area contributed by atoms with Crippen LogP contribution >= 0.6 is 26.6 Å². The SMILES string of the molecule is CC(C)(C)c1ccc(ON2PNPNP2)cc1. The molecular formula is C10H18N3OP3. The van der Waals surface area contributed by atoms with Crippen LogP contribution in [-0.2, 0) is 5.41 Å². The molecule has 1 aromatic carbocycles. The summed E-state index contributed by atoms with van der Waals surface area (Å²) in [5.74, 6) is 0.895. The molecule has 2 unspecified atom stereocenters. The Morgan fingerprint density at radius 2 is 1.65 bits per heavy atom. The van der Waals surface area contributed by atoms with Crippen LogP contribution in [0.1, 0.15) is 26.3 Å². The zero-order valence-corrected chi connectivity index (χ0v) is 13.2. The zero-order chi connectivity index (χ0) is 12.3. The van der Waals surface area contributed by atoms with E-state index in [9.17, 15) is 0 Å². The lowest BCUT2D eigenvalue weighted by molar-refractivity contribution is 0.146. The van der Waals surface area contributed by atoms with Gasteiger partial charge in [0.05, 0.1) is 17.8 Å². The molecule has 1 heterocycles. The van der Waals surface area contributed by atoms with E-state index in [1.807, 2.05) is 16.7 Å². The first-order valence-electron chi connectivity index (χ1n) is 5.41. The molecule has 0 radical (unpaired) electrons. The van der Waals surface area contributed by atoms with Crippen molar-refractivity contribution >= 4 is 26.6 Å².